The Morgan fingerprint density at radius 3 is 2.77 bits per heavy atom. The number of hydrogen-bond donors (Lipinski definition) is 3. The highest BCUT2D eigenvalue weighted by Crippen LogP contribution is 2.45. The van der Waals surface area contributed by atoms with Gasteiger partial charge in [0, 0.05) is 23.9 Å². The maximum atomic E-state index is 11.0. The summed E-state index contributed by atoms with van der Waals surface area (Å²) in [5.41, 5.74) is 6.96. The number of ether oxygens (including phenoxy) is 1. The molecule has 1 saturated heterocycles. The lowest BCUT2D eigenvalue weighted by Gasteiger charge is -2.28. The van der Waals surface area contributed by atoms with Crippen LogP contribution in [0.5, 0.6) is 0 Å². The van der Waals surface area contributed by atoms with Gasteiger partial charge in [-0.15, -0.1) is 0 Å². The number of aliphatic hydroxyl groups excluding tert-OH is 1. The molecular weight excluding hydrogens is 334 g/mol. The number of nitrogens with zero attached hydrogens (tertiary/aromatic N) is 4. The first-order valence-corrected chi connectivity index (χ1v) is 8.46. The number of nitrogen functional groups attached to an aromatic ring is 1. The van der Waals surface area contributed by atoms with Crippen LogP contribution >= 0.6 is 0 Å². The Hall–Kier alpha value is -2.55. The van der Waals surface area contributed by atoms with E-state index in [1.807, 2.05) is 31.3 Å². The zero-order valence-electron chi connectivity index (χ0n) is 14.6. The Labute approximate surface area is 150 Å². The van der Waals surface area contributed by atoms with Crippen molar-refractivity contribution in [3.05, 3.63) is 36.9 Å². The molecule has 3 aromatic rings. The van der Waals surface area contributed by atoms with Gasteiger partial charge in [-0.25, -0.2) is 9.97 Å². The second kappa shape index (κ2) is 6.01. The summed E-state index contributed by atoms with van der Waals surface area (Å²) >= 11 is 0. The standard InChI is InChI=1S/C18H21N5O3/c1-10-13(8-24)26-17(18(10,2)25)23-7-11(12-5-3-4-6-20-12)14-15(19)21-9-22-16(14)23/h3-7,9-10,13,17,24-25H,8H2,1-2H3,(H2,19,21,22)/t10-,13?,17?,18?/m1/s1. The molecule has 0 spiro atoms. The van der Waals surface area contributed by atoms with Crippen LogP contribution in [0.15, 0.2) is 36.9 Å². The molecule has 0 aromatic carbocycles. The van der Waals surface area contributed by atoms with E-state index in [0.717, 1.165) is 11.3 Å². The summed E-state index contributed by atoms with van der Waals surface area (Å²) in [7, 11) is 0. The third-order valence-electron chi connectivity index (χ3n) is 5.30. The predicted molar refractivity (Wildman–Crippen MR) is 96.0 cm³/mol. The van der Waals surface area contributed by atoms with Crippen molar-refractivity contribution >= 4 is 16.9 Å². The number of aliphatic hydroxyl groups is 2. The molecule has 4 rings (SSSR count). The Kier molecular flexibility index (Phi) is 3.91. The van der Waals surface area contributed by atoms with Crippen molar-refractivity contribution < 1.29 is 14.9 Å². The molecule has 0 bridgehead atoms. The minimum atomic E-state index is -1.19. The Balaban J connectivity index is 1.94. The largest absolute Gasteiger partial charge is 0.394 e. The minimum Gasteiger partial charge on any atom is -0.394 e. The van der Waals surface area contributed by atoms with E-state index in [4.69, 9.17) is 10.5 Å². The van der Waals surface area contributed by atoms with Gasteiger partial charge in [0.15, 0.2) is 6.23 Å². The second-order valence-electron chi connectivity index (χ2n) is 6.85. The summed E-state index contributed by atoms with van der Waals surface area (Å²) < 4.78 is 7.72. The fraction of sp³-hybridized carbons (Fsp3) is 0.389. The molecule has 0 amide bonds. The smallest absolute Gasteiger partial charge is 0.164 e. The van der Waals surface area contributed by atoms with Gasteiger partial charge in [0.25, 0.3) is 0 Å². The van der Waals surface area contributed by atoms with Crippen LogP contribution in [-0.4, -0.2) is 48.0 Å². The molecule has 8 heteroatoms. The second-order valence-corrected chi connectivity index (χ2v) is 6.85. The highest BCUT2D eigenvalue weighted by Gasteiger charge is 2.51. The molecular formula is C18H21N5O3. The molecule has 4 N–H and O–H groups in total. The van der Waals surface area contributed by atoms with E-state index in [1.165, 1.54) is 6.33 Å². The molecule has 26 heavy (non-hydrogen) atoms. The topological polar surface area (TPSA) is 119 Å². The van der Waals surface area contributed by atoms with E-state index in [-0.39, 0.29) is 12.5 Å². The lowest BCUT2D eigenvalue weighted by molar-refractivity contribution is -0.0873. The number of hydrogen-bond acceptors (Lipinski definition) is 7. The summed E-state index contributed by atoms with van der Waals surface area (Å²) in [5.74, 6) is 0.0752. The molecule has 4 atom stereocenters. The van der Waals surface area contributed by atoms with Crippen LogP contribution in [0.1, 0.15) is 20.1 Å². The van der Waals surface area contributed by atoms with E-state index in [2.05, 4.69) is 15.0 Å². The van der Waals surface area contributed by atoms with E-state index in [0.29, 0.717) is 16.9 Å². The van der Waals surface area contributed by atoms with Gasteiger partial charge in [0.2, 0.25) is 0 Å². The normalized spacial score (nSPS) is 28.7. The van der Waals surface area contributed by atoms with E-state index in [9.17, 15) is 10.2 Å². The quantitative estimate of drug-likeness (QED) is 0.649. The van der Waals surface area contributed by atoms with Gasteiger partial charge >= 0.3 is 0 Å². The van der Waals surface area contributed by atoms with Crippen molar-refractivity contribution in [3.8, 4) is 11.3 Å². The third kappa shape index (κ3) is 2.38. The molecule has 4 heterocycles. The number of rotatable bonds is 3. The number of pyridine rings is 1. The summed E-state index contributed by atoms with van der Waals surface area (Å²) in [6, 6.07) is 5.59. The Bertz CT molecular complexity index is 941. The maximum absolute atomic E-state index is 11.0. The van der Waals surface area contributed by atoms with Crippen LogP contribution in [-0.2, 0) is 4.74 Å². The lowest BCUT2D eigenvalue weighted by Crippen LogP contribution is -2.38. The van der Waals surface area contributed by atoms with Gasteiger partial charge in [-0.1, -0.05) is 13.0 Å². The zero-order chi connectivity index (χ0) is 18.5. The summed E-state index contributed by atoms with van der Waals surface area (Å²) in [6.07, 6.45) is 3.72. The molecule has 0 aliphatic carbocycles. The van der Waals surface area contributed by atoms with Crippen molar-refractivity contribution in [3.63, 3.8) is 0 Å². The molecule has 1 aliphatic rings. The SMILES string of the molecule is C[C@@H]1C(CO)OC(n2cc(-c3ccccn3)c3c(N)ncnc32)C1(C)O. The fourth-order valence-electron chi connectivity index (χ4n) is 3.57. The first-order chi connectivity index (χ1) is 12.4. The van der Waals surface area contributed by atoms with Crippen LogP contribution < -0.4 is 5.73 Å². The first-order valence-electron chi connectivity index (χ1n) is 8.46. The monoisotopic (exact) mass is 355 g/mol. The highest BCUT2D eigenvalue weighted by molar-refractivity contribution is 5.99. The molecule has 136 valence electrons. The summed E-state index contributed by atoms with van der Waals surface area (Å²) in [4.78, 5) is 12.9. The predicted octanol–water partition coefficient (Wildman–Crippen LogP) is 1.35. The van der Waals surface area contributed by atoms with E-state index >= 15 is 0 Å². The highest BCUT2D eigenvalue weighted by atomic mass is 16.5. The average Bonchev–Trinajstić information content (AvgIpc) is 3.13. The van der Waals surface area contributed by atoms with Gasteiger partial charge in [-0.3, -0.25) is 4.98 Å². The van der Waals surface area contributed by atoms with Crippen LogP contribution in [0.25, 0.3) is 22.3 Å². The zero-order valence-corrected chi connectivity index (χ0v) is 14.6. The molecule has 8 nitrogen and oxygen atoms in total. The van der Waals surface area contributed by atoms with Crippen molar-refractivity contribution in [1.29, 1.82) is 0 Å². The first kappa shape index (κ1) is 16.9. The number of anilines is 1. The average molecular weight is 355 g/mol. The van der Waals surface area contributed by atoms with Gasteiger partial charge in [0.05, 0.1) is 23.8 Å². The number of nitrogens with two attached hydrogens (primary N) is 1. The molecule has 3 aromatic heterocycles. The molecule has 1 aliphatic heterocycles. The third-order valence-corrected chi connectivity index (χ3v) is 5.30. The van der Waals surface area contributed by atoms with Crippen LogP contribution in [0.4, 0.5) is 5.82 Å². The maximum Gasteiger partial charge on any atom is 0.164 e. The summed E-state index contributed by atoms with van der Waals surface area (Å²) in [5, 5.41) is 21.3. The van der Waals surface area contributed by atoms with E-state index in [1.54, 1.807) is 17.7 Å². The van der Waals surface area contributed by atoms with Gasteiger partial charge in [0.1, 0.15) is 23.4 Å². The van der Waals surface area contributed by atoms with Crippen molar-refractivity contribution in [1.82, 2.24) is 19.5 Å². The molecule has 0 radical (unpaired) electrons. The van der Waals surface area contributed by atoms with Crippen LogP contribution in [0.2, 0.25) is 0 Å². The lowest BCUT2D eigenvalue weighted by atomic mass is 9.88. The van der Waals surface area contributed by atoms with Crippen molar-refractivity contribution in [2.75, 3.05) is 12.3 Å². The fourth-order valence-corrected chi connectivity index (χ4v) is 3.57. The number of aromatic nitrogens is 4. The summed E-state index contributed by atoms with van der Waals surface area (Å²) in [6.45, 7) is 3.39. The van der Waals surface area contributed by atoms with Crippen molar-refractivity contribution in [2.45, 2.75) is 31.8 Å². The minimum absolute atomic E-state index is 0.169. The van der Waals surface area contributed by atoms with Crippen molar-refractivity contribution in [2.24, 2.45) is 5.92 Å². The van der Waals surface area contributed by atoms with Gasteiger partial charge < -0.3 is 25.3 Å². The van der Waals surface area contributed by atoms with E-state index < -0.39 is 17.9 Å². The Morgan fingerprint density at radius 1 is 1.31 bits per heavy atom. The van der Waals surface area contributed by atoms with Crippen LogP contribution in [0, 0.1) is 5.92 Å². The van der Waals surface area contributed by atoms with Gasteiger partial charge in [-0.05, 0) is 19.1 Å². The molecule has 0 saturated carbocycles. The van der Waals surface area contributed by atoms with Crippen LogP contribution in [0.3, 0.4) is 0 Å². The molecule has 3 unspecified atom stereocenters. The number of fused-ring (bicyclic) bond motifs is 1. The van der Waals surface area contributed by atoms with Gasteiger partial charge in [-0.2, -0.15) is 0 Å². The Morgan fingerprint density at radius 2 is 2.12 bits per heavy atom. The molecule has 1 fully saturated rings.